The molecular weight excluding hydrogens is 246 g/mol. The largest absolute Gasteiger partial charge is 0.472 e. The van der Waals surface area contributed by atoms with Crippen LogP contribution < -0.4 is 0 Å². The highest BCUT2D eigenvalue weighted by molar-refractivity contribution is 9.09. The number of hydrogen-bond donors (Lipinski definition) is 0. The number of alkyl halides is 1. The van der Waals surface area contributed by atoms with Crippen LogP contribution in [0.25, 0.3) is 0 Å². The van der Waals surface area contributed by atoms with Crippen LogP contribution in [0.4, 0.5) is 0 Å². The third kappa shape index (κ3) is 2.18. The summed E-state index contributed by atoms with van der Waals surface area (Å²) in [6.07, 6.45) is 2.96. The lowest BCUT2D eigenvalue weighted by molar-refractivity contribution is 0.0663. The second-order valence-electron chi connectivity index (χ2n) is 3.82. The number of nitrogens with zero attached hydrogens (tertiary/aromatic N) is 1. The van der Waals surface area contributed by atoms with E-state index in [1.165, 1.54) is 12.5 Å². The number of carbonyl (C=O) groups excluding carboxylic acids is 1. The highest BCUT2D eigenvalue weighted by Crippen LogP contribution is 2.18. The van der Waals surface area contributed by atoms with Crippen LogP contribution in [0.15, 0.2) is 23.0 Å². The van der Waals surface area contributed by atoms with Crippen molar-refractivity contribution in [1.29, 1.82) is 0 Å². The lowest BCUT2D eigenvalue weighted by Gasteiger charge is -2.33. The van der Waals surface area contributed by atoms with Gasteiger partial charge in [0.1, 0.15) is 6.26 Å². The highest BCUT2D eigenvalue weighted by atomic mass is 79.9. The van der Waals surface area contributed by atoms with E-state index in [1.807, 2.05) is 13.8 Å². The Bertz CT molecular complexity index is 306. The normalized spacial score (nSPS) is 11.4. The van der Waals surface area contributed by atoms with Crippen LogP contribution in [0, 0.1) is 0 Å². The molecule has 3 nitrogen and oxygen atoms in total. The van der Waals surface area contributed by atoms with Gasteiger partial charge in [0.05, 0.1) is 11.8 Å². The average Bonchev–Trinajstić information content (AvgIpc) is 2.68. The molecule has 0 aliphatic rings. The Morgan fingerprint density at radius 2 is 2.29 bits per heavy atom. The Morgan fingerprint density at radius 1 is 1.64 bits per heavy atom. The molecule has 0 radical (unpaired) electrons. The second-order valence-corrected chi connectivity index (χ2v) is 4.38. The molecule has 1 amide bonds. The summed E-state index contributed by atoms with van der Waals surface area (Å²) in [6, 6.07) is 1.67. The standard InChI is InChI=1S/C10H14BrNO2/c1-10(2,7-11)12(3)9(13)8-4-5-14-6-8/h4-6H,7H2,1-3H3. The Morgan fingerprint density at radius 3 is 2.71 bits per heavy atom. The first-order valence-electron chi connectivity index (χ1n) is 4.35. The fraction of sp³-hybridized carbons (Fsp3) is 0.500. The van der Waals surface area contributed by atoms with E-state index in [1.54, 1.807) is 18.0 Å². The summed E-state index contributed by atoms with van der Waals surface area (Å²) in [4.78, 5) is 13.6. The van der Waals surface area contributed by atoms with Gasteiger partial charge in [-0.25, -0.2) is 0 Å². The second kappa shape index (κ2) is 4.17. The van der Waals surface area contributed by atoms with Crippen molar-refractivity contribution in [3.05, 3.63) is 24.2 Å². The summed E-state index contributed by atoms with van der Waals surface area (Å²) >= 11 is 3.39. The Hall–Kier alpha value is -0.770. The fourth-order valence-electron chi connectivity index (χ4n) is 0.944. The molecule has 0 spiro atoms. The molecule has 0 atom stereocenters. The monoisotopic (exact) mass is 259 g/mol. The third-order valence-electron chi connectivity index (χ3n) is 2.31. The Balaban J connectivity index is 2.81. The minimum absolute atomic E-state index is 0.0248. The van der Waals surface area contributed by atoms with Crippen molar-refractivity contribution in [1.82, 2.24) is 4.90 Å². The van der Waals surface area contributed by atoms with Crippen molar-refractivity contribution in [2.24, 2.45) is 0 Å². The van der Waals surface area contributed by atoms with E-state index in [0.29, 0.717) is 5.56 Å². The lowest BCUT2D eigenvalue weighted by atomic mass is 10.1. The molecule has 14 heavy (non-hydrogen) atoms. The molecule has 78 valence electrons. The van der Waals surface area contributed by atoms with Crippen LogP contribution in [0.2, 0.25) is 0 Å². The van der Waals surface area contributed by atoms with Crippen LogP contribution in [-0.2, 0) is 0 Å². The molecule has 0 aliphatic carbocycles. The highest BCUT2D eigenvalue weighted by Gasteiger charge is 2.27. The summed E-state index contributed by atoms with van der Waals surface area (Å²) in [5.41, 5.74) is 0.385. The van der Waals surface area contributed by atoms with Gasteiger partial charge in [-0.1, -0.05) is 15.9 Å². The van der Waals surface area contributed by atoms with Gasteiger partial charge in [-0.05, 0) is 19.9 Å². The van der Waals surface area contributed by atoms with Crippen molar-refractivity contribution in [3.63, 3.8) is 0 Å². The van der Waals surface area contributed by atoms with Gasteiger partial charge in [0.2, 0.25) is 0 Å². The van der Waals surface area contributed by atoms with Gasteiger partial charge in [-0.3, -0.25) is 4.79 Å². The summed E-state index contributed by atoms with van der Waals surface area (Å²) in [7, 11) is 1.79. The lowest BCUT2D eigenvalue weighted by Crippen LogP contribution is -2.46. The Kier molecular flexibility index (Phi) is 3.37. The summed E-state index contributed by atoms with van der Waals surface area (Å²) in [6.45, 7) is 4.00. The van der Waals surface area contributed by atoms with E-state index in [0.717, 1.165) is 5.33 Å². The summed E-state index contributed by atoms with van der Waals surface area (Å²) in [5, 5.41) is 0.736. The van der Waals surface area contributed by atoms with Crippen molar-refractivity contribution in [3.8, 4) is 0 Å². The quantitative estimate of drug-likeness (QED) is 0.782. The number of rotatable bonds is 3. The fourth-order valence-corrected chi connectivity index (χ4v) is 1.32. The van der Waals surface area contributed by atoms with Crippen molar-refractivity contribution < 1.29 is 9.21 Å². The molecule has 0 N–H and O–H groups in total. The maximum atomic E-state index is 11.9. The minimum atomic E-state index is -0.200. The van der Waals surface area contributed by atoms with Crippen LogP contribution in [0.3, 0.4) is 0 Å². The molecule has 0 unspecified atom stereocenters. The molecule has 1 aromatic heterocycles. The molecule has 1 aromatic rings. The number of carbonyl (C=O) groups is 1. The molecule has 0 saturated carbocycles. The van der Waals surface area contributed by atoms with Gasteiger partial charge in [0, 0.05) is 17.9 Å². The Labute approximate surface area is 92.2 Å². The van der Waals surface area contributed by atoms with E-state index >= 15 is 0 Å². The maximum absolute atomic E-state index is 11.9. The number of amides is 1. The van der Waals surface area contributed by atoms with Crippen LogP contribution >= 0.6 is 15.9 Å². The first-order valence-corrected chi connectivity index (χ1v) is 5.47. The number of furan rings is 1. The number of halogens is 1. The van der Waals surface area contributed by atoms with Crippen molar-refractivity contribution in [2.45, 2.75) is 19.4 Å². The summed E-state index contributed by atoms with van der Waals surface area (Å²) < 4.78 is 4.87. The van der Waals surface area contributed by atoms with Gasteiger partial charge >= 0.3 is 0 Å². The smallest absolute Gasteiger partial charge is 0.257 e. The van der Waals surface area contributed by atoms with Crippen LogP contribution in [0.5, 0.6) is 0 Å². The zero-order chi connectivity index (χ0) is 10.8. The van der Waals surface area contributed by atoms with E-state index < -0.39 is 0 Å². The predicted molar refractivity (Wildman–Crippen MR) is 58.7 cm³/mol. The van der Waals surface area contributed by atoms with E-state index in [9.17, 15) is 4.79 Å². The first kappa shape index (κ1) is 11.3. The van der Waals surface area contributed by atoms with Gasteiger partial charge in [0.15, 0.2) is 0 Å². The molecule has 1 rings (SSSR count). The molecule has 4 heteroatoms. The molecule has 0 bridgehead atoms. The van der Waals surface area contributed by atoms with E-state index in [-0.39, 0.29) is 11.4 Å². The predicted octanol–water partition coefficient (Wildman–Crippen LogP) is 2.53. The molecule has 0 aliphatic heterocycles. The van der Waals surface area contributed by atoms with Crippen molar-refractivity contribution in [2.75, 3.05) is 12.4 Å². The van der Waals surface area contributed by atoms with Crippen LogP contribution in [0.1, 0.15) is 24.2 Å². The third-order valence-corrected chi connectivity index (χ3v) is 3.68. The van der Waals surface area contributed by atoms with Crippen molar-refractivity contribution >= 4 is 21.8 Å². The SMILES string of the molecule is CN(C(=O)c1ccoc1)C(C)(C)CBr. The van der Waals surface area contributed by atoms with E-state index in [2.05, 4.69) is 15.9 Å². The zero-order valence-corrected chi connectivity index (χ0v) is 10.2. The molecule has 0 fully saturated rings. The molecule has 0 saturated heterocycles. The van der Waals surface area contributed by atoms with Gasteiger partial charge in [-0.15, -0.1) is 0 Å². The molecular formula is C10H14BrNO2. The van der Waals surface area contributed by atoms with Crippen LogP contribution in [-0.4, -0.2) is 28.7 Å². The topological polar surface area (TPSA) is 33.5 Å². The molecule has 0 aromatic carbocycles. The van der Waals surface area contributed by atoms with Gasteiger partial charge < -0.3 is 9.32 Å². The summed E-state index contributed by atoms with van der Waals surface area (Å²) in [5.74, 6) is -0.0248. The van der Waals surface area contributed by atoms with E-state index in [4.69, 9.17) is 4.42 Å². The van der Waals surface area contributed by atoms with Gasteiger partial charge in [0.25, 0.3) is 5.91 Å². The minimum Gasteiger partial charge on any atom is -0.472 e. The molecule has 1 heterocycles. The first-order chi connectivity index (χ1) is 6.49. The average molecular weight is 260 g/mol. The number of hydrogen-bond acceptors (Lipinski definition) is 2. The zero-order valence-electron chi connectivity index (χ0n) is 8.58. The van der Waals surface area contributed by atoms with Gasteiger partial charge in [-0.2, -0.15) is 0 Å². The maximum Gasteiger partial charge on any atom is 0.257 e.